The van der Waals surface area contributed by atoms with Crippen molar-refractivity contribution >= 4 is 0 Å². The lowest BCUT2D eigenvalue weighted by Gasteiger charge is -2.02. The van der Waals surface area contributed by atoms with Gasteiger partial charge in [0, 0.05) is 14.1 Å². The third kappa shape index (κ3) is 2.36. The van der Waals surface area contributed by atoms with E-state index in [4.69, 9.17) is 0 Å². The molecule has 0 aliphatic carbocycles. The Balaban J connectivity index is 0. The van der Waals surface area contributed by atoms with E-state index in [2.05, 4.69) is 5.10 Å². The van der Waals surface area contributed by atoms with Gasteiger partial charge in [-0.2, -0.15) is 13.2 Å². The van der Waals surface area contributed by atoms with E-state index in [1.165, 1.54) is 0 Å². The molecule has 0 atom stereocenters. The second-order valence-electron chi connectivity index (χ2n) is 2.29. The first kappa shape index (κ1) is 15.2. The molecule has 0 fully saturated rings. The normalized spacial score (nSPS) is 10.4. The van der Waals surface area contributed by atoms with Crippen LogP contribution in [0.3, 0.4) is 0 Å². The molecule has 84 valence electrons. The van der Waals surface area contributed by atoms with Crippen LogP contribution in [-0.2, 0) is 20.3 Å². The van der Waals surface area contributed by atoms with Crippen molar-refractivity contribution in [2.75, 3.05) is 0 Å². The highest BCUT2D eigenvalue weighted by atomic mass is 19.4. The molecule has 7 heteroatoms. The Kier molecular flexibility index (Phi) is 4.67. The SMILES string of the molecule is C.C.Cn1nc(C(F)(F)F)n(C)c1=O. The van der Waals surface area contributed by atoms with Crippen molar-refractivity contribution in [3.05, 3.63) is 16.3 Å². The largest absolute Gasteiger partial charge is 0.451 e. The molecule has 0 aromatic carbocycles. The van der Waals surface area contributed by atoms with Gasteiger partial charge in [0.05, 0.1) is 0 Å². The van der Waals surface area contributed by atoms with E-state index in [-0.39, 0.29) is 14.9 Å². The lowest BCUT2D eigenvalue weighted by atomic mass is 10.6. The second kappa shape index (κ2) is 4.30. The van der Waals surface area contributed by atoms with Crippen molar-refractivity contribution in [2.24, 2.45) is 14.1 Å². The highest BCUT2D eigenvalue weighted by molar-refractivity contribution is 4.91. The third-order valence-corrected chi connectivity index (χ3v) is 1.38. The first-order chi connectivity index (χ1) is 5.34. The van der Waals surface area contributed by atoms with E-state index >= 15 is 0 Å². The van der Waals surface area contributed by atoms with Gasteiger partial charge >= 0.3 is 11.9 Å². The van der Waals surface area contributed by atoms with Crippen LogP contribution in [0.2, 0.25) is 0 Å². The topological polar surface area (TPSA) is 39.8 Å². The average molecular weight is 213 g/mol. The number of nitrogens with zero attached hydrogens (tertiary/aromatic N) is 3. The minimum atomic E-state index is -4.57. The van der Waals surface area contributed by atoms with Crippen molar-refractivity contribution in [3.8, 4) is 0 Å². The predicted molar refractivity (Wildman–Crippen MR) is 46.9 cm³/mol. The van der Waals surface area contributed by atoms with Gasteiger partial charge in [-0.05, 0) is 0 Å². The standard InChI is InChI=1S/C5H6F3N3O.2CH4/c1-10-3(5(6,7)8)9-11(2)4(10)12;;/h1-2H3;2*1H4. The Morgan fingerprint density at radius 2 is 1.64 bits per heavy atom. The van der Waals surface area contributed by atoms with Gasteiger partial charge in [0.1, 0.15) is 0 Å². The minimum absolute atomic E-state index is 0. The quantitative estimate of drug-likeness (QED) is 0.653. The van der Waals surface area contributed by atoms with E-state index < -0.39 is 17.7 Å². The molecule has 0 aliphatic rings. The number of aryl methyl sites for hydroxylation is 1. The number of rotatable bonds is 0. The van der Waals surface area contributed by atoms with Crippen LogP contribution in [0.15, 0.2) is 4.79 Å². The molecule has 0 amide bonds. The van der Waals surface area contributed by atoms with Crippen LogP contribution in [0.5, 0.6) is 0 Å². The summed E-state index contributed by atoms with van der Waals surface area (Å²) in [5.41, 5.74) is -0.790. The monoisotopic (exact) mass is 213 g/mol. The van der Waals surface area contributed by atoms with Crippen molar-refractivity contribution in [1.29, 1.82) is 0 Å². The molecule has 0 saturated carbocycles. The molecule has 0 aliphatic heterocycles. The zero-order valence-corrected chi connectivity index (χ0v) is 6.38. The Labute approximate surface area is 80.0 Å². The first-order valence-corrected chi connectivity index (χ1v) is 3.01. The van der Waals surface area contributed by atoms with Gasteiger partial charge in [-0.1, -0.05) is 14.9 Å². The Morgan fingerprint density at radius 1 is 1.21 bits per heavy atom. The van der Waals surface area contributed by atoms with E-state index in [1.807, 2.05) is 0 Å². The minimum Gasteiger partial charge on any atom is -0.274 e. The molecular formula is C7H14F3N3O. The zero-order valence-electron chi connectivity index (χ0n) is 6.38. The van der Waals surface area contributed by atoms with Gasteiger partial charge in [-0.25, -0.2) is 9.48 Å². The summed E-state index contributed by atoms with van der Waals surface area (Å²) in [4.78, 5) is 10.8. The van der Waals surface area contributed by atoms with Crippen LogP contribution in [0.25, 0.3) is 0 Å². The van der Waals surface area contributed by atoms with Crippen molar-refractivity contribution in [2.45, 2.75) is 21.0 Å². The summed E-state index contributed by atoms with van der Waals surface area (Å²) in [5.74, 6) is -1.19. The van der Waals surface area contributed by atoms with Crippen molar-refractivity contribution in [3.63, 3.8) is 0 Å². The van der Waals surface area contributed by atoms with Crippen LogP contribution >= 0.6 is 0 Å². The van der Waals surface area contributed by atoms with Crippen LogP contribution < -0.4 is 5.69 Å². The fourth-order valence-corrected chi connectivity index (χ4v) is 0.806. The van der Waals surface area contributed by atoms with Crippen LogP contribution in [0, 0.1) is 0 Å². The molecule has 0 spiro atoms. The number of aromatic nitrogens is 3. The van der Waals surface area contributed by atoms with Crippen LogP contribution in [-0.4, -0.2) is 14.3 Å². The third-order valence-electron chi connectivity index (χ3n) is 1.38. The average Bonchev–Trinajstić information content (AvgIpc) is 2.15. The van der Waals surface area contributed by atoms with E-state index in [1.54, 1.807) is 0 Å². The summed E-state index contributed by atoms with van der Waals surface area (Å²) in [7, 11) is 2.19. The van der Waals surface area contributed by atoms with E-state index in [0.717, 1.165) is 14.1 Å². The molecular weight excluding hydrogens is 199 g/mol. The summed E-state index contributed by atoms with van der Waals surface area (Å²) in [5, 5.41) is 3.02. The number of hydrogen-bond donors (Lipinski definition) is 0. The summed E-state index contributed by atoms with van der Waals surface area (Å²) in [6.07, 6.45) is -4.57. The van der Waals surface area contributed by atoms with Gasteiger partial charge in [-0.15, -0.1) is 5.10 Å². The molecule has 14 heavy (non-hydrogen) atoms. The van der Waals surface area contributed by atoms with Gasteiger partial charge in [0.15, 0.2) is 0 Å². The lowest BCUT2D eigenvalue weighted by Crippen LogP contribution is -2.22. The summed E-state index contributed by atoms with van der Waals surface area (Å²) in [6, 6.07) is 0. The Morgan fingerprint density at radius 3 is 1.79 bits per heavy atom. The summed E-state index contributed by atoms with van der Waals surface area (Å²) in [6.45, 7) is 0. The maximum atomic E-state index is 12.0. The number of halogens is 3. The molecule has 0 bridgehead atoms. The number of alkyl halides is 3. The van der Waals surface area contributed by atoms with Crippen molar-refractivity contribution in [1.82, 2.24) is 14.3 Å². The molecule has 0 unspecified atom stereocenters. The first-order valence-electron chi connectivity index (χ1n) is 3.01. The molecule has 0 saturated heterocycles. The molecule has 1 heterocycles. The fourth-order valence-electron chi connectivity index (χ4n) is 0.806. The maximum absolute atomic E-state index is 12.0. The number of hydrogen-bond acceptors (Lipinski definition) is 2. The molecule has 1 aromatic heterocycles. The van der Waals surface area contributed by atoms with Gasteiger partial charge < -0.3 is 0 Å². The van der Waals surface area contributed by atoms with Crippen LogP contribution in [0.4, 0.5) is 13.2 Å². The molecule has 1 rings (SSSR count). The summed E-state index contributed by atoms with van der Waals surface area (Å²) < 4.78 is 37.1. The van der Waals surface area contributed by atoms with E-state index in [0.29, 0.717) is 9.25 Å². The van der Waals surface area contributed by atoms with Gasteiger partial charge in [0.2, 0.25) is 5.82 Å². The van der Waals surface area contributed by atoms with Crippen molar-refractivity contribution < 1.29 is 13.2 Å². The Bertz CT molecular complexity index is 350. The van der Waals surface area contributed by atoms with E-state index in [9.17, 15) is 18.0 Å². The Hall–Kier alpha value is -1.27. The molecule has 0 N–H and O–H groups in total. The highest BCUT2D eigenvalue weighted by Gasteiger charge is 2.37. The molecule has 0 radical (unpaired) electrons. The van der Waals surface area contributed by atoms with Crippen LogP contribution in [0.1, 0.15) is 20.7 Å². The smallest absolute Gasteiger partial charge is 0.274 e. The summed E-state index contributed by atoms with van der Waals surface area (Å²) >= 11 is 0. The molecule has 4 nitrogen and oxygen atoms in total. The fraction of sp³-hybridized carbons (Fsp3) is 0.714. The lowest BCUT2D eigenvalue weighted by molar-refractivity contribution is -0.147. The second-order valence-corrected chi connectivity index (χ2v) is 2.29. The van der Waals surface area contributed by atoms with Gasteiger partial charge in [0.25, 0.3) is 0 Å². The van der Waals surface area contributed by atoms with Gasteiger partial charge in [-0.3, -0.25) is 4.57 Å². The molecule has 1 aromatic rings. The maximum Gasteiger partial charge on any atom is 0.451 e. The predicted octanol–water partition coefficient (Wildman–Crippen LogP) is 1.41. The zero-order chi connectivity index (χ0) is 9.52. The highest BCUT2D eigenvalue weighted by Crippen LogP contribution is 2.25.